The molecule has 0 aliphatic rings. The summed E-state index contributed by atoms with van der Waals surface area (Å²) in [6, 6.07) is 7.69. The predicted octanol–water partition coefficient (Wildman–Crippen LogP) is 1.91. The van der Waals surface area contributed by atoms with E-state index in [1.165, 1.54) is 5.56 Å². The molecule has 0 radical (unpaired) electrons. The Balaban J connectivity index is 1.94. The summed E-state index contributed by atoms with van der Waals surface area (Å²) in [5.41, 5.74) is 2.92. The van der Waals surface area contributed by atoms with Gasteiger partial charge in [-0.15, -0.1) is 0 Å². The number of amides is 1. The van der Waals surface area contributed by atoms with E-state index in [4.69, 9.17) is 0 Å². The third-order valence-electron chi connectivity index (χ3n) is 2.84. The molecular weight excluding hydrogens is 226 g/mol. The summed E-state index contributed by atoms with van der Waals surface area (Å²) in [6.45, 7) is 2.60. The first-order valence-electron chi connectivity index (χ1n) is 6.03. The lowest BCUT2D eigenvalue weighted by atomic mass is 10.1. The molecule has 1 aromatic heterocycles. The number of aromatic nitrogens is 2. The van der Waals surface area contributed by atoms with Crippen molar-refractivity contribution in [2.45, 2.75) is 19.9 Å². The van der Waals surface area contributed by atoms with Gasteiger partial charge in [-0.1, -0.05) is 19.1 Å². The summed E-state index contributed by atoms with van der Waals surface area (Å²) in [4.78, 5) is 11.9. The van der Waals surface area contributed by atoms with Gasteiger partial charge in [0.2, 0.25) is 0 Å². The molecule has 0 fully saturated rings. The summed E-state index contributed by atoms with van der Waals surface area (Å²) >= 11 is 0. The van der Waals surface area contributed by atoms with Gasteiger partial charge in [0, 0.05) is 30.9 Å². The first-order valence-corrected chi connectivity index (χ1v) is 6.03. The van der Waals surface area contributed by atoms with Crippen LogP contribution >= 0.6 is 0 Å². The molecule has 0 saturated carbocycles. The molecule has 1 heterocycles. The molecule has 1 amide bonds. The maximum Gasteiger partial charge on any atom is 0.251 e. The first kappa shape index (κ1) is 12.4. The van der Waals surface area contributed by atoms with Crippen LogP contribution in [0.15, 0.2) is 36.7 Å². The van der Waals surface area contributed by atoms with Gasteiger partial charge < -0.3 is 5.32 Å². The highest BCUT2D eigenvalue weighted by atomic mass is 16.1. The number of carbonyl (C=O) groups is 1. The summed E-state index contributed by atoms with van der Waals surface area (Å²) in [7, 11) is 1.86. The maximum absolute atomic E-state index is 11.9. The van der Waals surface area contributed by atoms with E-state index in [1.54, 1.807) is 10.9 Å². The number of nitrogens with one attached hydrogen (secondary N) is 1. The second kappa shape index (κ2) is 5.49. The number of hydrogen-bond acceptors (Lipinski definition) is 2. The zero-order valence-electron chi connectivity index (χ0n) is 10.7. The van der Waals surface area contributed by atoms with Crippen molar-refractivity contribution in [1.82, 2.24) is 15.1 Å². The van der Waals surface area contributed by atoms with Crippen molar-refractivity contribution in [3.63, 3.8) is 0 Å². The quantitative estimate of drug-likeness (QED) is 0.891. The average molecular weight is 243 g/mol. The Morgan fingerprint density at radius 2 is 2.00 bits per heavy atom. The molecule has 2 aromatic rings. The first-order chi connectivity index (χ1) is 8.69. The Bertz CT molecular complexity index is 528. The largest absolute Gasteiger partial charge is 0.348 e. The molecule has 4 heteroatoms. The Labute approximate surface area is 107 Å². The molecule has 0 spiro atoms. The van der Waals surface area contributed by atoms with E-state index in [2.05, 4.69) is 17.3 Å². The van der Waals surface area contributed by atoms with Crippen LogP contribution in [-0.2, 0) is 20.0 Å². The Hall–Kier alpha value is -2.10. The van der Waals surface area contributed by atoms with Crippen LogP contribution in [0.5, 0.6) is 0 Å². The van der Waals surface area contributed by atoms with E-state index in [9.17, 15) is 4.79 Å². The number of carbonyl (C=O) groups excluding carboxylic acids is 1. The fourth-order valence-electron chi connectivity index (χ4n) is 1.74. The van der Waals surface area contributed by atoms with Crippen LogP contribution in [0.4, 0.5) is 0 Å². The summed E-state index contributed by atoms with van der Waals surface area (Å²) in [5.74, 6) is -0.0542. The molecule has 94 valence electrons. The zero-order valence-corrected chi connectivity index (χ0v) is 10.7. The predicted molar refractivity (Wildman–Crippen MR) is 70.2 cm³/mol. The van der Waals surface area contributed by atoms with Crippen molar-refractivity contribution in [3.8, 4) is 0 Å². The van der Waals surface area contributed by atoms with Crippen molar-refractivity contribution in [1.29, 1.82) is 0 Å². The molecule has 0 bridgehead atoms. The van der Waals surface area contributed by atoms with Crippen LogP contribution in [0.3, 0.4) is 0 Å². The van der Waals surface area contributed by atoms with Gasteiger partial charge in [-0.3, -0.25) is 9.48 Å². The van der Waals surface area contributed by atoms with Crippen LogP contribution in [0, 0.1) is 0 Å². The fraction of sp³-hybridized carbons (Fsp3) is 0.286. The van der Waals surface area contributed by atoms with Crippen LogP contribution in [0.25, 0.3) is 0 Å². The third kappa shape index (κ3) is 2.97. The highest BCUT2D eigenvalue weighted by Gasteiger charge is 2.05. The minimum absolute atomic E-state index is 0.0542. The number of benzene rings is 1. The van der Waals surface area contributed by atoms with Crippen molar-refractivity contribution >= 4 is 5.91 Å². The van der Waals surface area contributed by atoms with E-state index in [0.717, 1.165) is 12.0 Å². The summed E-state index contributed by atoms with van der Waals surface area (Å²) in [6.07, 6.45) is 4.62. The average Bonchev–Trinajstić information content (AvgIpc) is 2.82. The van der Waals surface area contributed by atoms with Crippen LogP contribution < -0.4 is 5.32 Å². The Morgan fingerprint density at radius 1 is 1.28 bits per heavy atom. The maximum atomic E-state index is 11.9. The van der Waals surface area contributed by atoms with Gasteiger partial charge >= 0.3 is 0 Å². The van der Waals surface area contributed by atoms with Crippen molar-refractivity contribution in [2.24, 2.45) is 7.05 Å². The molecule has 0 atom stereocenters. The van der Waals surface area contributed by atoms with Crippen molar-refractivity contribution in [3.05, 3.63) is 53.3 Å². The fourth-order valence-corrected chi connectivity index (χ4v) is 1.74. The third-order valence-corrected chi connectivity index (χ3v) is 2.84. The van der Waals surface area contributed by atoms with Crippen LogP contribution in [-0.4, -0.2) is 15.7 Å². The standard InChI is InChI=1S/C14H17N3O/c1-3-11-4-6-13(7-5-11)14(18)15-8-12-9-16-17(2)10-12/h4-7,9-10H,3,8H2,1-2H3,(H,15,18). The monoisotopic (exact) mass is 243 g/mol. The van der Waals surface area contributed by atoms with Crippen molar-refractivity contribution in [2.75, 3.05) is 0 Å². The van der Waals surface area contributed by atoms with Gasteiger partial charge in [0.1, 0.15) is 0 Å². The number of rotatable bonds is 4. The lowest BCUT2D eigenvalue weighted by Gasteiger charge is -2.04. The topological polar surface area (TPSA) is 46.9 Å². The zero-order chi connectivity index (χ0) is 13.0. The molecule has 1 N–H and O–H groups in total. The van der Waals surface area contributed by atoms with E-state index in [-0.39, 0.29) is 5.91 Å². The molecule has 2 rings (SSSR count). The number of aryl methyl sites for hydroxylation is 2. The molecule has 0 unspecified atom stereocenters. The summed E-state index contributed by atoms with van der Waals surface area (Å²) in [5, 5.41) is 6.93. The molecule has 0 aliphatic carbocycles. The lowest BCUT2D eigenvalue weighted by Crippen LogP contribution is -2.22. The van der Waals surface area contributed by atoms with E-state index >= 15 is 0 Å². The molecular formula is C14H17N3O. The van der Waals surface area contributed by atoms with Gasteiger partial charge in [0.15, 0.2) is 0 Å². The van der Waals surface area contributed by atoms with Gasteiger partial charge in [-0.2, -0.15) is 5.10 Å². The highest BCUT2D eigenvalue weighted by Crippen LogP contribution is 2.05. The van der Waals surface area contributed by atoms with Gasteiger partial charge in [-0.05, 0) is 24.1 Å². The minimum atomic E-state index is -0.0542. The van der Waals surface area contributed by atoms with E-state index in [1.807, 2.05) is 37.5 Å². The second-order valence-corrected chi connectivity index (χ2v) is 4.26. The normalized spacial score (nSPS) is 10.3. The molecule has 0 saturated heterocycles. The summed E-state index contributed by atoms with van der Waals surface area (Å²) < 4.78 is 1.72. The van der Waals surface area contributed by atoms with Gasteiger partial charge in [0.25, 0.3) is 5.91 Å². The molecule has 18 heavy (non-hydrogen) atoms. The van der Waals surface area contributed by atoms with E-state index in [0.29, 0.717) is 12.1 Å². The molecule has 4 nitrogen and oxygen atoms in total. The van der Waals surface area contributed by atoms with Crippen LogP contribution in [0.2, 0.25) is 0 Å². The highest BCUT2D eigenvalue weighted by molar-refractivity contribution is 5.94. The van der Waals surface area contributed by atoms with E-state index < -0.39 is 0 Å². The lowest BCUT2D eigenvalue weighted by molar-refractivity contribution is 0.0951. The smallest absolute Gasteiger partial charge is 0.251 e. The van der Waals surface area contributed by atoms with Crippen molar-refractivity contribution < 1.29 is 4.79 Å². The van der Waals surface area contributed by atoms with Gasteiger partial charge in [0.05, 0.1) is 6.20 Å². The SMILES string of the molecule is CCc1ccc(C(=O)NCc2cnn(C)c2)cc1. The number of hydrogen-bond donors (Lipinski definition) is 1. The number of nitrogens with zero attached hydrogens (tertiary/aromatic N) is 2. The minimum Gasteiger partial charge on any atom is -0.348 e. The molecule has 0 aliphatic heterocycles. The second-order valence-electron chi connectivity index (χ2n) is 4.26. The van der Waals surface area contributed by atoms with Crippen LogP contribution in [0.1, 0.15) is 28.4 Å². The van der Waals surface area contributed by atoms with Gasteiger partial charge in [-0.25, -0.2) is 0 Å². The molecule has 1 aromatic carbocycles. The Kier molecular flexibility index (Phi) is 3.77. The Morgan fingerprint density at radius 3 is 2.56 bits per heavy atom.